The topological polar surface area (TPSA) is 110 Å². The fourth-order valence-corrected chi connectivity index (χ4v) is 3.18. The molecule has 0 aliphatic rings. The van der Waals surface area contributed by atoms with Gasteiger partial charge in [-0.2, -0.15) is 0 Å². The normalized spacial score (nSPS) is 10.2. The summed E-state index contributed by atoms with van der Waals surface area (Å²) in [7, 11) is 1.54. The van der Waals surface area contributed by atoms with Gasteiger partial charge in [0.1, 0.15) is 5.01 Å². The Bertz CT molecular complexity index is 1000. The molecule has 0 aliphatic heterocycles. The minimum absolute atomic E-state index is 0.0303. The zero-order chi connectivity index (χ0) is 20.6. The van der Waals surface area contributed by atoms with Crippen LogP contribution in [0.1, 0.15) is 16.1 Å². The molecular weight excluding hydrogens is 392 g/mol. The fourth-order valence-electron chi connectivity index (χ4n) is 2.39. The highest BCUT2D eigenvalue weighted by atomic mass is 32.1. The van der Waals surface area contributed by atoms with E-state index in [0.29, 0.717) is 22.0 Å². The molecule has 2 heterocycles. The summed E-state index contributed by atoms with van der Waals surface area (Å²) >= 11 is 1.39. The van der Waals surface area contributed by atoms with Crippen molar-refractivity contribution in [1.29, 1.82) is 0 Å². The predicted octanol–water partition coefficient (Wildman–Crippen LogP) is 2.29. The largest absolute Gasteiger partial charge is 0.455 e. The molecule has 1 aromatic carbocycles. The lowest BCUT2D eigenvalue weighted by molar-refractivity contribution is -0.146. The van der Waals surface area contributed by atoms with Gasteiger partial charge in [0, 0.05) is 29.9 Å². The monoisotopic (exact) mass is 410 g/mol. The number of rotatable bonds is 7. The average Bonchev–Trinajstić information content (AvgIpc) is 3.21. The number of nitrogens with one attached hydrogen (secondary N) is 2. The highest BCUT2D eigenvalue weighted by molar-refractivity contribution is 7.13. The highest BCUT2D eigenvalue weighted by Gasteiger charge is 2.13. The molecule has 2 amide bonds. The number of hydrogen-bond acceptors (Lipinski definition) is 7. The van der Waals surface area contributed by atoms with Crippen LogP contribution in [0.15, 0.2) is 54.0 Å². The van der Waals surface area contributed by atoms with Crippen LogP contribution < -0.4 is 10.6 Å². The Labute approximate surface area is 171 Å². The Hall–Kier alpha value is -3.59. The number of carbonyl (C=O) groups is 3. The van der Waals surface area contributed by atoms with E-state index < -0.39 is 18.5 Å². The Balaban J connectivity index is 1.46. The van der Waals surface area contributed by atoms with Gasteiger partial charge in [-0.3, -0.25) is 19.4 Å². The first kappa shape index (κ1) is 20.2. The number of amides is 2. The summed E-state index contributed by atoms with van der Waals surface area (Å²) < 4.78 is 5.01. The van der Waals surface area contributed by atoms with Crippen LogP contribution >= 0.6 is 11.3 Å². The van der Waals surface area contributed by atoms with Gasteiger partial charge < -0.3 is 15.4 Å². The lowest BCUT2D eigenvalue weighted by atomic mass is 10.2. The lowest BCUT2D eigenvalue weighted by Crippen LogP contribution is -2.22. The highest BCUT2D eigenvalue weighted by Crippen LogP contribution is 2.21. The zero-order valence-electron chi connectivity index (χ0n) is 15.5. The second kappa shape index (κ2) is 9.56. The summed E-state index contributed by atoms with van der Waals surface area (Å²) in [5.74, 6) is -1.24. The minimum Gasteiger partial charge on any atom is -0.455 e. The van der Waals surface area contributed by atoms with Crippen LogP contribution in [0.5, 0.6) is 0 Å². The maximum Gasteiger partial charge on any atom is 0.312 e. The number of carbonyl (C=O) groups excluding carboxylic acids is 3. The van der Waals surface area contributed by atoms with Crippen LogP contribution in [-0.2, 0) is 20.7 Å². The predicted molar refractivity (Wildman–Crippen MR) is 108 cm³/mol. The number of thiazole rings is 1. The van der Waals surface area contributed by atoms with E-state index in [0.717, 1.165) is 5.69 Å². The SMILES string of the molecule is CNC(=O)c1ccc(NC(=O)COC(=O)Cc2csc(-c3ccccn3)n2)cc1. The summed E-state index contributed by atoms with van der Waals surface area (Å²) in [5, 5.41) is 7.59. The van der Waals surface area contributed by atoms with Crippen LogP contribution in [0.3, 0.4) is 0 Å². The number of nitrogens with zero attached hydrogens (tertiary/aromatic N) is 2. The minimum atomic E-state index is -0.548. The molecule has 3 aromatic rings. The molecule has 8 nitrogen and oxygen atoms in total. The zero-order valence-corrected chi connectivity index (χ0v) is 16.4. The molecule has 0 unspecified atom stereocenters. The molecule has 0 spiro atoms. The standard InChI is InChI=1S/C20H18N4O4S/c1-21-19(27)13-5-7-14(8-6-13)23-17(25)11-28-18(26)10-15-12-29-20(24-15)16-4-2-3-9-22-16/h2-9,12H,10-11H2,1H3,(H,21,27)(H,23,25). The number of pyridine rings is 1. The van der Waals surface area contributed by atoms with Crippen molar-refractivity contribution in [3.05, 3.63) is 65.3 Å². The fraction of sp³-hybridized carbons (Fsp3) is 0.150. The van der Waals surface area contributed by atoms with Gasteiger partial charge >= 0.3 is 5.97 Å². The molecule has 148 valence electrons. The third kappa shape index (κ3) is 5.69. The quantitative estimate of drug-likeness (QED) is 0.578. The molecule has 2 N–H and O–H groups in total. The molecule has 0 fully saturated rings. The lowest BCUT2D eigenvalue weighted by Gasteiger charge is -2.07. The first-order valence-electron chi connectivity index (χ1n) is 8.68. The Kier molecular flexibility index (Phi) is 6.64. The van der Waals surface area contributed by atoms with E-state index in [9.17, 15) is 14.4 Å². The first-order valence-corrected chi connectivity index (χ1v) is 9.56. The molecule has 0 atom stereocenters. The van der Waals surface area contributed by atoms with E-state index in [1.54, 1.807) is 35.8 Å². The maximum absolute atomic E-state index is 12.0. The van der Waals surface area contributed by atoms with Crippen molar-refractivity contribution >= 4 is 34.8 Å². The van der Waals surface area contributed by atoms with Gasteiger partial charge in [0.2, 0.25) is 0 Å². The van der Waals surface area contributed by atoms with Crippen LogP contribution in [-0.4, -0.2) is 41.4 Å². The number of hydrogen-bond donors (Lipinski definition) is 2. The summed E-state index contributed by atoms with van der Waals surface area (Å²) in [6.07, 6.45) is 1.65. The molecule has 3 rings (SSSR count). The van der Waals surface area contributed by atoms with E-state index in [-0.39, 0.29) is 12.3 Å². The van der Waals surface area contributed by atoms with Crippen molar-refractivity contribution in [3.63, 3.8) is 0 Å². The van der Waals surface area contributed by atoms with E-state index in [1.807, 2.05) is 18.2 Å². The Morgan fingerprint density at radius 3 is 2.59 bits per heavy atom. The molecule has 0 bridgehead atoms. The van der Waals surface area contributed by atoms with Gasteiger partial charge in [0.25, 0.3) is 11.8 Å². The molecule has 0 saturated heterocycles. The molecule has 29 heavy (non-hydrogen) atoms. The van der Waals surface area contributed by atoms with Crippen LogP contribution in [0.2, 0.25) is 0 Å². The van der Waals surface area contributed by atoms with Crippen LogP contribution in [0, 0.1) is 0 Å². The smallest absolute Gasteiger partial charge is 0.312 e. The van der Waals surface area contributed by atoms with Gasteiger partial charge in [0.15, 0.2) is 6.61 Å². The van der Waals surface area contributed by atoms with Gasteiger partial charge in [0.05, 0.1) is 17.8 Å². The van der Waals surface area contributed by atoms with Gasteiger partial charge in [-0.05, 0) is 36.4 Å². The van der Waals surface area contributed by atoms with Gasteiger partial charge in [-0.15, -0.1) is 11.3 Å². The number of esters is 1. The number of ether oxygens (including phenoxy) is 1. The first-order chi connectivity index (χ1) is 14.0. The van der Waals surface area contributed by atoms with E-state index >= 15 is 0 Å². The maximum atomic E-state index is 12.0. The Morgan fingerprint density at radius 2 is 1.90 bits per heavy atom. The van der Waals surface area contributed by atoms with Crippen LogP contribution in [0.4, 0.5) is 5.69 Å². The van der Waals surface area contributed by atoms with Crippen LogP contribution in [0.25, 0.3) is 10.7 Å². The van der Waals surface area contributed by atoms with Crippen molar-refractivity contribution in [1.82, 2.24) is 15.3 Å². The third-order valence-electron chi connectivity index (χ3n) is 3.78. The third-order valence-corrected chi connectivity index (χ3v) is 4.70. The van der Waals surface area contributed by atoms with E-state index in [4.69, 9.17) is 4.74 Å². The van der Waals surface area contributed by atoms with Crippen molar-refractivity contribution in [2.45, 2.75) is 6.42 Å². The summed E-state index contributed by atoms with van der Waals surface area (Å²) in [4.78, 5) is 44.0. The molecular formula is C20H18N4O4S. The summed E-state index contributed by atoms with van der Waals surface area (Å²) in [5.41, 5.74) is 2.27. The van der Waals surface area contributed by atoms with E-state index in [2.05, 4.69) is 20.6 Å². The number of anilines is 1. The second-order valence-corrected chi connectivity index (χ2v) is 6.76. The molecule has 0 aliphatic carbocycles. The number of benzene rings is 1. The average molecular weight is 410 g/mol. The van der Waals surface area contributed by atoms with Crippen molar-refractivity contribution in [2.24, 2.45) is 0 Å². The number of aromatic nitrogens is 2. The van der Waals surface area contributed by atoms with Crippen molar-refractivity contribution in [2.75, 3.05) is 19.0 Å². The molecule has 0 saturated carbocycles. The van der Waals surface area contributed by atoms with Crippen molar-refractivity contribution < 1.29 is 19.1 Å². The van der Waals surface area contributed by atoms with Gasteiger partial charge in [-0.25, -0.2) is 4.98 Å². The summed E-state index contributed by atoms with van der Waals surface area (Å²) in [6.45, 7) is -0.409. The Morgan fingerprint density at radius 1 is 1.10 bits per heavy atom. The molecule has 0 radical (unpaired) electrons. The second-order valence-electron chi connectivity index (χ2n) is 5.90. The molecule has 2 aromatic heterocycles. The summed E-state index contributed by atoms with van der Waals surface area (Å²) in [6, 6.07) is 11.9. The van der Waals surface area contributed by atoms with Gasteiger partial charge in [-0.1, -0.05) is 6.07 Å². The molecule has 9 heteroatoms. The van der Waals surface area contributed by atoms with Crippen molar-refractivity contribution in [3.8, 4) is 10.7 Å². The van der Waals surface area contributed by atoms with E-state index in [1.165, 1.54) is 18.4 Å².